The van der Waals surface area contributed by atoms with Crippen LogP contribution in [0.25, 0.3) is 0 Å². The van der Waals surface area contributed by atoms with Gasteiger partial charge in [0.15, 0.2) is 0 Å². The Labute approximate surface area is 176 Å². The number of benzene rings is 2. The van der Waals surface area contributed by atoms with Crippen LogP contribution in [0.2, 0.25) is 0 Å². The Bertz CT molecular complexity index is 938. The zero-order valence-corrected chi connectivity index (χ0v) is 17.2. The fourth-order valence-corrected chi connectivity index (χ4v) is 4.19. The van der Waals surface area contributed by atoms with Gasteiger partial charge in [-0.05, 0) is 48.9 Å². The number of rotatable bonds is 5. The number of nitro benzene ring substituents is 1. The van der Waals surface area contributed by atoms with E-state index < -0.39 is 4.92 Å². The van der Waals surface area contributed by atoms with Crippen molar-refractivity contribution in [2.75, 3.05) is 31.1 Å². The van der Waals surface area contributed by atoms with Gasteiger partial charge in [0.1, 0.15) is 11.4 Å². The van der Waals surface area contributed by atoms with Gasteiger partial charge in [0.25, 0.3) is 11.6 Å². The minimum Gasteiger partial charge on any atom is -0.493 e. The average Bonchev–Trinajstić information content (AvgIpc) is 2.77. The molecule has 2 aromatic carbocycles. The lowest BCUT2D eigenvalue weighted by Gasteiger charge is -2.31. The van der Waals surface area contributed by atoms with Crippen LogP contribution in [0.1, 0.15) is 35.7 Å². The molecule has 1 unspecified atom stereocenters. The van der Waals surface area contributed by atoms with E-state index in [1.807, 2.05) is 24.3 Å². The van der Waals surface area contributed by atoms with Crippen LogP contribution in [0, 0.1) is 22.0 Å². The molecule has 0 spiro atoms. The van der Waals surface area contributed by atoms with Crippen LogP contribution in [-0.2, 0) is 6.42 Å². The summed E-state index contributed by atoms with van der Waals surface area (Å²) < 4.78 is 5.77. The molecule has 1 saturated heterocycles. The molecule has 2 aliphatic heterocycles. The number of piperidine rings is 1. The lowest BCUT2D eigenvalue weighted by atomic mass is 9.96. The first kappa shape index (κ1) is 20.2. The summed E-state index contributed by atoms with van der Waals surface area (Å²) in [4.78, 5) is 26.0. The molecule has 0 bridgehead atoms. The van der Waals surface area contributed by atoms with E-state index >= 15 is 0 Å². The third-order valence-corrected chi connectivity index (χ3v) is 6.07. The van der Waals surface area contributed by atoms with Crippen molar-refractivity contribution in [3.63, 3.8) is 0 Å². The molecule has 0 aromatic heterocycles. The highest BCUT2D eigenvalue weighted by Crippen LogP contribution is 2.32. The summed E-state index contributed by atoms with van der Waals surface area (Å²) in [6, 6.07) is 12.7. The lowest BCUT2D eigenvalue weighted by molar-refractivity contribution is -0.384. The molecule has 7 heteroatoms. The number of ether oxygens (including phenoxy) is 1. The topological polar surface area (TPSA) is 84.7 Å². The first-order chi connectivity index (χ1) is 14.5. The van der Waals surface area contributed by atoms with E-state index in [-0.39, 0.29) is 17.5 Å². The first-order valence-electron chi connectivity index (χ1n) is 10.5. The summed E-state index contributed by atoms with van der Waals surface area (Å²) in [7, 11) is 0. The van der Waals surface area contributed by atoms with Crippen molar-refractivity contribution in [2.24, 2.45) is 11.8 Å². The Morgan fingerprint density at radius 3 is 2.77 bits per heavy atom. The second kappa shape index (κ2) is 8.73. The molecule has 2 aliphatic rings. The predicted octanol–water partition coefficient (Wildman–Crippen LogP) is 3.81. The van der Waals surface area contributed by atoms with E-state index in [0.717, 1.165) is 43.7 Å². The number of fused-ring (bicyclic) bond motifs is 1. The van der Waals surface area contributed by atoms with Crippen molar-refractivity contribution in [3.8, 4) is 5.75 Å². The molecule has 1 atom stereocenters. The van der Waals surface area contributed by atoms with Gasteiger partial charge in [0.2, 0.25) is 0 Å². The summed E-state index contributed by atoms with van der Waals surface area (Å²) >= 11 is 0. The largest absolute Gasteiger partial charge is 0.493 e. The Morgan fingerprint density at radius 1 is 1.23 bits per heavy atom. The van der Waals surface area contributed by atoms with Crippen molar-refractivity contribution in [3.05, 3.63) is 63.7 Å². The number of nitro groups is 1. The number of nitrogens with one attached hydrogen (secondary N) is 1. The lowest BCUT2D eigenvalue weighted by Crippen LogP contribution is -2.35. The molecule has 7 nitrogen and oxygen atoms in total. The second-order valence-electron chi connectivity index (χ2n) is 8.33. The van der Waals surface area contributed by atoms with Gasteiger partial charge in [-0.1, -0.05) is 25.1 Å². The maximum atomic E-state index is 12.7. The second-order valence-corrected chi connectivity index (χ2v) is 8.33. The van der Waals surface area contributed by atoms with Gasteiger partial charge in [0.05, 0.1) is 11.5 Å². The van der Waals surface area contributed by atoms with Gasteiger partial charge >= 0.3 is 0 Å². The van der Waals surface area contributed by atoms with Crippen LogP contribution in [0.3, 0.4) is 0 Å². The van der Waals surface area contributed by atoms with Crippen LogP contribution in [0.5, 0.6) is 5.75 Å². The number of para-hydroxylation sites is 1. The molecule has 0 saturated carbocycles. The smallest absolute Gasteiger partial charge is 0.293 e. The standard InChI is InChI=1S/C23H27N3O4/c1-16-8-10-25(11-9-16)20-7-6-19(13-21(20)26(28)29)23(27)24-14-17-12-18-4-2-3-5-22(18)30-15-17/h2-7,13,16-17H,8-12,14-15H2,1H3,(H,24,27). The van der Waals surface area contributed by atoms with Crippen molar-refractivity contribution in [2.45, 2.75) is 26.2 Å². The summed E-state index contributed by atoms with van der Waals surface area (Å²) in [5.41, 5.74) is 2.04. The van der Waals surface area contributed by atoms with E-state index in [9.17, 15) is 14.9 Å². The number of hydrogen-bond donors (Lipinski definition) is 1. The van der Waals surface area contributed by atoms with Crippen LogP contribution in [0.4, 0.5) is 11.4 Å². The molecule has 4 rings (SSSR count). The number of amides is 1. The van der Waals surface area contributed by atoms with E-state index in [2.05, 4.69) is 17.1 Å². The van der Waals surface area contributed by atoms with Crippen molar-refractivity contribution >= 4 is 17.3 Å². The van der Waals surface area contributed by atoms with Gasteiger partial charge in [-0.3, -0.25) is 14.9 Å². The highest BCUT2D eigenvalue weighted by Gasteiger charge is 2.25. The maximum Gasteiger partial charge on any atom is 0.293 e. The minimum absolute atomic E-state index is 0.00729. The zero-order valence-electron chi connectivity index (χ0n) is 17.2. The summed E-state index contributed by atoms with van der Waals surface area (Å²) in [6.45, 7) is 4.82. The van der Waals surface area contributed by atoms with Crippen LogP contribution in [0.15, 0.2) is 42.5 Å². The Balaban J connectivity index is 1.41. The molecule has 1 fully saturated rings. The van der Waals surface area contributed by atoms with Gasteiger partial charge in [-0.25, -0.2) is 0 Å². The van der Waals surface area contributed by atoms with Gasteiger partial charge < -0.3 is 15.0 Å². The molecular formula is C23H27N3O4. The molecule has 1 amide bonds. The summed E-state index contributed by atoms with van der Waals surface area (Å²) in [6.07, 6.45) is 2.88. The fraction of sp³-hybridized carbons (Fsp3) is 0.435. The van der Waals surface area contributed by atoms with Crippen molar-refractivity contribution in [1.29, 1.82) is 0 Å². The van der Waals surface area contributed by atoms with Crippen LogP contribution in [-0.4, -0.2) is 37.1 Å². The first-order valence-corrected chi connectivity index (χ1v) is 10.5. The van der Waals surface area contributed by atoms with E-state index in [4.69, 9.17) is 4.74 Å². The van der Waals surface area contributed by atoms with Gasteiger partial charge in [0, 0.05) is 37.2 Å². The molecule has 30 heavy (non-hydrogen) atoms. The molecular weight excluding hydrogens is 382 g/mol. The van der Waals surface area contributed by atoms with E-state index in [1.54, 1.807) is 12.1 Å². The predicted molar refractivity (Wildman–Crippen MR) is 115 cm³/mol. The SMILES string of the molecule is CC1CCN(c2ccc(C(=O)NCC3COc4ccccc4C3)cc2[N+](=O)[O-])CC1. The molecule has 2 aromatic rings. The number of nitrogens with zero attached hydrogens (tertiary/aromatic N) is 2. The number of hydrogen-bond acceptors (Lipinski definition) is 5. The monoisotopic (exact) mass is 409 g/mol. The average molecular weight is 409 g/mol. The Morgan fingerprint density at radius 2 is 2.00 bits per heavy atom. The third kappa shape index (κ3) is 4.40. The molecule has 158 valence electrons. The summed E-state index contributed by atoms with van der Waals surface area (Å²) in [5, 5.41) is 14.6. The van der Waals surface area contributed by atoms with Crippen molar-refractivity contribution in [1.82, 2.24) is 5.32 Å². The molecule has 0 aliphatic carbocycles. The van der Waals surface area contributed by atoms with Crippen LogP contribution >= 0.6 is 0 Å². The van der Waals surface area contributed by atoms with Crippen molar-refractivity contribution < 1.29 is 14.5 Å². The Kier molecular flexibility index (Phi) is 5.88. The minimum atomic E-state index is -0.393. The van der Waals surface area contributed by atoms with E-state index in [0.29, 0.717) is 30.3 Å². The highest BCUT2D eigenvalue weighted by atomic mass is 16.6. The molecule has 2 heterocycles. The molecule has 1 N–H and O–H groups in total. The number of carbonyl (C=O) groups excluding carboxylic acids is 1. The number of carbonyl (C=O) groups is 1. The summed E-state index contributed by atoms with van der Waals surface area (Å²) in [5.74, 6) is 1.42. The Hall–Kier alpha value is -3.09. The van der Waals surface area contributed by atoms with Crippen LogP contribution < -0.4 is 15.0 Å². The normalized spacial score (nSPS) is 19.0. The van der Waals surface area contributed by atoms with Gasteiger partial charge in [-0.15, -0.1) is 0 Å². The highest BCUT2D eigenvalue weighted by molar-refractivity contribution is 5.95. The number of anilines is 1. The molecule has 0 radical (unpaired) electrons. The quantitative estimate of drug-likeness (QED) is 0.600. The third-order valence-electron chi connectivity index (χ3n) is 6.07. The fourth-order valence-electron chi connectivity index (χ4n) is 4.19. The zero-order chi connectivity index (χ0) is 21.1. The maximum absolute atomic E-state index is 12.7. The van der Waals surface area contributed by atoms with Gasteiger partial charge in [-0.2, -0.15) is 0 Å². The van der Waals surface area contributed by atoms with E-state index in [1.165, 1.54) is 6.07 Å².